The molecule has 0 radical (unpaired) electrons. The van der Waals surface area contributed by atoms with Crippen LogP contribution in [0, 0.1) is 5.92 Å². The summed E-state index contributed by atoms with van der Waals surface area (Å²) >= 11 is 0. The maximum atomic E-state index is 11.0. The van der Waals surface area contributed by atoms with Gasteiger partial charge < -0.3 is 15.3 Å². The number of rotatable bonds is 23. The average Bonchev–Trinajstić information content (AvgIpc) is 2.73. The number of hydrogen-bond acceptors (Lipinski definition) is 4. The molecule has 0 amide bonds. The topological polar surface area (TPSA) is 63.9 Å². The van der Waals surface area contributed by atoms with Gasteiger partial charge in [0.15, 0.2) is 0 Å². The molecule has 4 heteroatoms. The molecule has 182 valence electrons. The van der Waals surface area contributed by atoms with Crippen molar-refractivity contribution >= 4 is 0 Å². The molecule has 0 aliphatic rings. The number of unbranched alkanes of at least 4 members (excludes halogenated alkanes) is 9. The van der Waals surface area contributed by atoms with Gasteiger partial charge in [0, 0.05) is 26.2 Å². The molecule has 0 rings (SSSR count). The van der Waals surface area contributed by atoms with Crippen LogP contribution in [0.2, 0.25) is 0 Å². The van der Waals surface area contributed by atoms with Crippen LogP contribution >= 0.6 is 0 Å². The van der Waals surface area contributed by atoms with Crippen LogP contribution in [-0.4, -0.2) is 58.7 Å². The minimum absolute atomic E-state index is 0.163. The first-order chi connectivity index (χ1) is 14.6. The summed E-state index contributed by atoms with van der Waals surface area (Å²) in [6, 6.07) is 0. The first-order valence-corrected chi connectivity index (χ1v) is 13.3. The molecular formula is C26H55NO3. The van der Waals surface area contributed by atoms with Crippen molar-refractivity contribution in [3.63, 3.8) is 0 Å². The Hall–Kier alpha value is -0.160. The van der Waals surface area contributed by atoms with Crippen LogP contribution in [0.15, 0.2) is 0 Å². The number of nitrogens with zero attached hydrogens (tertiary/aromatic N) is 1. The van der Waals surface area contributed by atoms with Gasteiger partial charge >= 0.3 is 0 Å². The molecule has 0 saturated carbocycles. The van der Waals surface area contributed by atoms with Crippen LogP contribution in [0.1, 0.15) is 124 Å². The second-order valence-corrected chi connectivity index (χ2v) is 9.37. The van der Waals surface area contributed by atoms with Crippen LogP contribution in [0.3, 0.4) is 0 Å². The molecule has 0 aromatic rings. The molecule has 0 saturated heterocycles. The van der Waals surface area contributed by atoms with Crippen molar-refractivity contribution < 1.29 is 15.3 Å². The van der Waals surface area contributed by atoms with E-state index in [2.05, 4.69) is 25.7 Å². The van der Waals surface area contributed by atoms with Gasteiger partial charge in [0.1, 0.15) is 0 Å². The first-order valence-electron chi connectivity index (χ1n) is 13.3. The minimum atomic E-state index is -0.335. The fraction of sp³-hybridized carbons (Fsp3) is 1.00. The predicted molar refractivity (Wildman–Crippen MR) is 130 cm³/mol. The normalized spacial score (nSPS) is 14.9. The van der Waals surface area contributed by atoms with Gasteiger partial charge in [-0.2, -0.15) is 0 Å². The van der Waals surface area contributed by atoms with E-state index >= 15 is 0 Å². The Morgan fingerprint density at radius 1 is 0.600 bits per heavy atom. The molecular weight excluding hydrogens is 374 g/mol. The zero-order valence-corrected chi connectivity index (χ0v) is 20.7. The highest BCUT2D eigenvalue weighted by atomic mass is 16.3. The number of aliphatic hydroxyl groups excluding tert-OH is 3. The summed E-state index contributed by atoms with van der Waals surface area (Å²) in [6.45, 7) is 8.83. The van der Waals surface area contributed by atoms with Crippen molar-refractivity contribution in [3.05, 3.63) is 0 Å². The molecule has 3 N–H and O–H groups in total. The smallest absolute Gasteiger partial charge is 0.0695 e. The molecule has 0 spiro atoms. The summed E-state index contributed by atoms with van der Waals surface area (Å²) in [5.74, 6) is 0.356. The Bertz CT molecular complexity index is 340. The number of aliphatic hydroxyl groups is 3. The summed E-state index contributed by atoms with van der Waals surface area (Å²) in [4.78, 5) is 2.19. The van der Waals surface area contributed by atoms with Gasteiger partial charge in [0.2, 0.25) is 0 Å². The summed E-state index contributed by atoms with van der Waals surface area (Å²) in [5.41, 5.74) is 0. The van der Waals surface area contributed by atoms with Gasteiger partial charge in [-0.15, -0.1) is 0 Å². The Labute approximate surface area is 188 Å². The van der Waals surface area contributed by atoms with Crippen LogP contribution in [0.25, 0.3) is 0 Å². The highest BCUT2D eigenvalue weighted by molar-refractivity contribution is 4.75. The minimum Gasteiger partial charge on any atom is -0.396 e. The van der Waals surface area contributed by atoms with Crippen molar-refractivity contribution in [1.82, 2.24) is 4.90 Å². The zero-order valence-electron chi connectivity index (χ0n) is 20.7. The molecule has 0 heterocycles. The lowest BCUT2D eigenvalue weighted by Crippen LogP contribution is -2.41. The molecule has 30 heavy (non-hydrogen) atoms. The van der Waals surface area contributed by atoms with E-state index in [9.17, 15) is 15.3 Å². The van der Waals surface area contributed by atoms with E-state index in [4.69, 9.17) is 0 Å². The van der Waals surface area contributed by atoms with Crippen molar-refractivity contribution in [2.24, 2.45) is 5.92 Å². The van der Waals surface area contributed by atoms with Crippen LogP contribution < -0.4 is 0 Å². The van der Waals surface area contributed by atoms with Crippen LogP contribution in [0.5, 0.6) is 0 Å². The molecule has 1 unspecified atom stereocenters. The molecule has 4 nitrogen and oxygen atoms in total. The van der Waals surface area contributed by atoms with E-state index in [1.54, 1.807) is 0 Å². The largest absolute Gasteiger partial charge is 0.396 e. The van der Waals surface area contributed by atoms with Gasteiger partial charge in [-0.1, -0.05) is 97.8 Å². The van der Waals surface area contributed by atoms with E-state index in [1.165, 1.54) is 70.6 Å². The van der Waals surface area contributed by atoms with E-state index in [0.717, 1.165) is 32.2 Å². The molecule has 3 atom stereocenters. The van der Waals surface area contributed by atoms with Crippen molar-refractivity contribution in [2.75, 3.05) is 26.2 Å². The Kier molecular flexibility index (Phi) is 21.9. The SMILES string of the molecule is CCCCCCCC[C@H](O)CN(CCCO)C[C@H](O)C(CCCC)CCCCCC. The fourth-order valence-corrected chi connectivity index (χ4v) is 4.34. The quantitative estimate of drug-likeness (QED) is 0.176. The van der Waals surface area contributed by atoms with E-state index in [0.29, 0.717) is 25.4 Å². The lowest BCUT2D eigenvalue weighted by Gasteiger charge is -2.31. The Morgan fingerprint density at radius 3 is 1.77 bits per heavy atom. The first kappa shape index (κ1) is 29.8. The summed E-state index contributed by atoms with van der Waals surface area (Å²) < 4.78 is 0. The third-order valence-corrected chi connectivity index (χ3v) is 6.34. The van der Waals surface area contributed by atoms with Crippen LogP contribution in [-0.2, 0) is 0 Å². The van der Waals surface area contributed by atoms with Crippen molar-refractivity contribution in [2.45, 2.75) is 136 Å². The van der Waals surface area contributed by atoms with Crippen LogP contribution in [0.4, 0.5) is 0 Å². The second-order valence-electron chi connectivity index (χ2n) is 9.37. The lowest BCUT2D eigenvalue weighted by atomic mass is 9.89. The van der Waals surface area contributed by atoms with Gasteiger partial charge in [0.25, 0.3) is 0 Å². The summed E-state index contributed by atoms with van der Waals surface area (Å²) in [5, 5.41) is 30.8. The van der Waals surface area contributed by atoms with Gasteiger partial charge in [-0.25, -0.2) is 0 Å². The number of hydrogen-bond donors (Lipinski definition) is 3. The highest BCUT2D eigenvalue weighted by Crippen LogP contribution is 2.22. The van der Waals surface area contributed by atoms with E-state index < -0.39 is 0 Å². The van der Waals surface area contributed by atoms with E-state index in [-0.39, 0.29) is 18.8 Å². The fourth-order valence-electron chi connectivity index (χ4n) is 4.34. The Balaban J connectivity index is 4.49. The molecule has 0 aliphatic heterocycles. The van der Waals surface area contributed by atoms with Gasteiger partial charge in [0.05, 0.1) is 12.2 Å². The second kappa shape index (κ2) is 22.0. The monoisotopic (exact) mass is 429 g/mol. The van der Waals surface area contributed by atoms with Crippen molar-refractivity contribution in [3.8, 4) is 0 Å². The molecule has 0 aromatic carbocycles. The summed E-state index contributed by atoms with van der Waals surface area (Å²) in [7, 11) is 0. The maximum absolute atomic E-state index is 11.0. The standard InChI is InChI=1S/C26H55NO3/c1-4-7-10-12-13-15-19-25(29)22-27(20-16-21-28)23-26(30)24(17-9-6-3)18-14-11-8-5-2/h24-26,28-30H,4-23H2,1-3H3/t24?,25-,26-/m0/s1. The molecule has 0 bridgehead atoms. The van der Waals surface area contributed by atoms with Gasteiger partial charge in [-0.3, -0.25) is 4.90 Å². The zero-order chi connectivity index (χ0) is 22.5. The molecule has 0 aromatic heterocycles. The molecule has 0 aliphatic carbocycles. The Morgan fingerprint density at radius 2 is 1.13 bits per heavy atom. The van der Waals surface area contributed by atoms with E-state index in [1.807, 2.05) is 0 Å². The third kappa shape index (κ3) is 17.5. The van der Waals surface area contributed by atoms with Crippen molar-refractivity contribution in [1.29, 1.82) is 0 Å². The average molecular weight is 430 g/mol. The highest BCUT2D eigenvalue weighted by Gasteiger charge is 2.22. The predicted octanol–water partition coefficient (Wildman–Crippen LogP) is 5.92. The summed E-state index contributed by atoms with van der Waals surface area (Å²) in [6.07, 6.45) is 17.8. The third-order valence-electron chi connectivity index (χ3n) is 6.34. The maximum Gasteiger partial charge on any atom is 0.0695 e. The molecule has 0 fully saturated rings. The lowest BCUT2D eigenvalue weighted by molar-refractivity contribution is 0.0300. The van der Waals surface area contributed by atoms with Gasteiger partial charge in [-0.05, 0) is 31.6 Å².